The molecule has 1 aromatic heterocycles. The van der Waals surface area contributed by atoms with Gasteiger partial charge in [0.25, 0.3) is 0 Å². The molecule has 1 saturated heterocycles. The Bertz CT molecular complexity index is 284. The summed E-state index contributed by atoms with van der Waals surface area (Å²) in [6.45, 7) is 3.72. The molecule has 3 nitrogen and oxygen atoms in total. The Balaban J connectivity index is 2.01. The zero-order chi connectivity index (χ0) is 9.10. The van der Waals surface area contributed by atoms with Crippen molar-refractivity contribution in [2.45, 2.75) is 19.4 Å². The molecule has 1 fully saturated rings. The number of nitrogens with one attached hydrogen (secondary N) is 1. The van der Waals surface area contributed by atoms with Gasteiger partial charge in [-0.15, -0.1) is 0 Å². The summed E-state index contributed by atoms with van der Waals surface area (Å²) in [6.07, 6.45) is 0.983. The van der Waals surface area contributed by atoms with Gasteiger partial charge < -0.3 is 10.1 Å². The smallest absolute Gasteiger partial charge is 0.126 e. The third-order valence-electron chi connectivity index (χ3n) is 2.16. The molecule has 0 spiro atoms. The molecule has 0 atom stereocenters. The molecule has 0 amide bonds. The fourth-order valence-electron chi connectivity index (χ4n) is 1.29. The third kappa shape index (κ3) is 1.98. The molecule has 13 heavy (non-hydrogen) atoms. The number of rotatable bonds is 3. The van der Waals surface area contributed by atoms with Gasteiger partial charge >= 0.3 is 0 Å². The first-order valence-corrected chi connectivity index (χ1v) is 4.68. The number of pyridine rings is 1. The summed E-state index contributed by atoms with van der Waals surface area (Å²) in [5.41, 5.74) is 1.13. The highest BCUT2D eigenvalue weighted by atomic mass is 16.5. The van der Waals surface area contributed by atoms with Gasteiger partial charge in [-0.3, -0.25) is 0 Å². The maximum atomic E-state index is 5.07. The lowest BCUT2D eigenvalue weighted by atomic mass is 10.2. The SMILES string of the molecule is CCc1cccc(NC2COC2)n1. The molecule has 0 saturated carbocycles. The van der Waals surface area contributed by atoms with Crippen LogP contribution in [0.1, 0.15) is 12.6 Å². The van der Waals surface area contributed by atoms with Crippen LogP contribution in [0.5, 0.6) is 0 Å². The van der Waals surface area contributed by atoms with Crippen LogP contribution < -0.4 is 5.32 Å². The average Bonchev–Trinajstić information content (AvgIpc) is 2.12. The summed E-state index contributed by atoms with van der Waals surface area (Å²) in [6, 6.07) is 6.53. The van der Waals surface area contributed by atoms with Crippen LogP contribution in [0, 0.1) is 0 Å². The van der Waals surface area contributed by atoms with Crippen molar-refractivity contribution < 1.29 is 4.74 Å². The number of hydrogen-bond donors (Lipinski definition) is 1. The van der Waals surface area contributed by atoms with Crippen molar-refractivity contribution in [1.82, 2.24) is 4.98 Å². The van der Waals surface area contributed by atoms with E-state index >= 15 is 0 Å². The highest BCUT2D eigenvalue weighted by molar-refractivity contribution is 5.37. The average molecular weight is 178 g/mol. The summed E-state index contributed by atoms with van der Waals surface area (Å²) in [5.74, 6) is 0.965. The zero-order valence-electron chi connectivity index (χ0n) is 7.79. The Kier molecular flexibility index (Phi) is 2.45. The van der Waals surface area contributed by atoms with E-state index in [1.165, 1.54) is 0 Å². The molecule has 70 valence electrons. The molecule has 0 aromatic carbocycles. The van der Waals surface area contributed by atoms with Gasteiger partial charge in [-0.1, -0.05) is 13.0 Å². The lowest BCUT2D eigenvalue weighted by Crippen LogP contribution is -2.40. The van der Waals surface area contributed by atoms with Crippen molar-refractivity contribution in [2.24, 2.45) is 0 Å². The summed E-state index contributed by atoms with van der Waals surface area (Å²) in [7, 11) is 0. The van der Waals surface area contributed by atoms with Crippen LogP contribution in [-0.2, 0) is 11.2 Å². The van der Waals surface area contributed by atoms with Crippen LogP contribution in [0.2, 0.25) is 0 Å². The van der Waals surface area contributed by atoms with Crippen LogP contribution in [0.15, 0.2) is 18.2 Å². The topological polar surface area (TPSA) is 34.1 Å². The van der Waals surface area contributed by atoms with Gasteiger partial charge in [0, 0.05) is 5.69 Å². The molecule has 0 unspecified atom stereocenters. The van der Waals surface area contributed by atoms with Crippen LogP contribution >= 0.6 is 0 Å². The predicted molar refractivity (Wildman–Crippen MR) is 51.8 cm³/mol. The fraction of sp³-hybridized carbons (Fsp3) is 0.500. The monoisotopic (exact) mass is 178 g/mol. The largest absolute Gasteiger partial charge is 0.377 e. The Morgan fingerprint density at radius 1 is 1.54 bits per heavy atom. The maximum Gasteiger partial charge on any atom is 0.126 e. The second kappa shape index (κ2) is 3.75. The van der Waals surface area contributed by atoms with Crippen LogP contribution in [0.25, 0.3) is 0 Å². The number of nitrogens with zero attached hydrogens (tertiary/aromatic N) is 1. The molecule has 1 aliphatic rings. The van der Waals surface area contributed by atoms with Crippen LogP contribution in [0.4, 0.5) is 5.82 Å². The third-order valence-corrected chi connectivity index (χ3v) is 2.16. The number of anilines is 1. The van der Waals surface area contributed by atoms with Gasteiger partial charge in [0.2, 0.25) is 0 Å². The predicted octanol–water partition coefficient (Wildman–Crippen LogP) is 1.45. The Labute approximate surface area is 78.1 Å². The Hall–Kier alpha value is -1.09. The van der Waals surface area contributed by atoms with E-state index in [4.69, 9.17) is 4.74 Å². The van der Waals surface area contributed by atoms with Crippen molar-refractivity contribution in [3.05, 3.63) is 23.9 Å². The van der Waals surface area contributed by atoms with Gasteiger partial charge in [-0.05, 0) is 18.6 Å². The minimum Gasteiger partial charge on any atom is -0.377 e. The van der Waals surface area contributed by atoms with E-state index in [2.05, 4.69) is 17.2 Å². The zero-order valence-corrected chi connectivity index (χ0v) is 7.79. The van der Waals surface area contributed by atoms with E-state index in [1.54, 1.807) is 0 Å². The van der Waals surface area contributed by atoms with Gasteiger partial charge in [-0.25, -0.2) is 4.98 Å². The first-order valence-electron chi connectivity index (χ1n) is 4.68. The molecule has 2 heterocycles. The molecule has 0 bridgehead atoms. The molecule has 0 radical (unpaired) electrons. The van der Waals surface area contributed by atoms with Crippen molar-refractivity contribution >= 4 is 5.82 Å². The van der Waals surface area contributed by atoms with Gasteiger partial charge in [0.05, 0.1) is 19.3 Å². The summed E-state index contributed by atoms with van der Waals surface area (Å²) < 4.78 is 5.07. The van der Waals surface area contributed by atoms with E-state index < -0.39 is 0 Å². The summed E-state index contributed by atoms with van der Waals surface area (Å²) in [5, 5.41) is 3.32. The Morgan fingerprint density at radius 2 is 2.38 bits per heavy atom. The Morgan fingerprint density at radius 3 is 3.00 bits per heavy atom. The van der Waals surface area contributed by atoms with Crippen molar-refractivity contribution in [3.8, 4) is 0 Å². The standard InChI is InChI=1S/C10H14N2O/c1-2-8-4-3-5-10(11-8)12-9-6-13-7-9/h3-5,9H,2,6-7H2,1H3,(H,11,12). The normalized spacial score (nSPS) is 16.7. The fourth-order valence-corrected chi connectivity index (χ4v) is 1.29. The molecular weight excluding hydrogens is 164 g/mol. The van der Waals surface area contributed by atoms with Gasteiger partial charge in [0.15, 0.2) is 0 Å². The highest BCUT2D eigenvalue weighted by Gasteiger charge is 2.17. The molecule has 1 aromatic rings. The van der Waals surface area contributed by atoms with E-state index in [0.29, 0.717) is 6.04 Å². The first kappa shape index (κ1) is 8.51. The van der Waals surface area contributed by atoms with Crippen molar-refractivity contribution in [2.75, 3.05) is 18.5 Å². The molecule has 1 aliphatic heterocycles. The second-order valence-corrected chi connectivity index (χ2v) is 3.25. The summed E-state index contributed by atoms with van der Waals surface area (Å²) in [4.78, 5) is 4.45. The van der Waals surface area contributed by atoms with E-state index in [1.807, 2.05) is 18.2 Å². The molecule has 1 N–H and O–H groups in total. The number of ether oxygens (including phenoxy) is 1. The molecule has 3 heteroatoms. The van der Waals surface area contributed by atoms with Gasteiger partial charge in [-0.2, -0.15) is 0 Å². The number of aromatic nitrogens is 1. The molecular formula is C10H14N2O. The lowest BCUT2D eigenvalue weighted by molar-refractivity contribution is 0.0209. The lowest BCUT2D eigenvalue weighted by Gasteiger charge is -2.27. The minimum absolute atomic E-state index is 0.458. The molecule has 2 rings (SSSR count). The van der Waals surface area contributed by atoms with Crippen molar-refractivity contribution in [3.63, 3.8) is 0 Å². The summed E-state index contributed by atoms with van der Waals surface area (Å²) >= 11 is 0. The van der Waals surface area contributed by atoms with E-state index in [9.17, 15) is 0 Å². The van der Waals surface area contributed by atoms with E-state index in [0.717, 1.165) is 31.1 Å². The first-order chi connectivity index (χ1) is 6.38. The molecule has 0 aliphatic carbocycles. The maximum absolute atomic E-state index is 5.07. The van der Waals surface area contributed by atoms with Crippen LogP contribution in [0.3, 0.4) is 0 Å². The van der Waals surface area contributed by atoms with Crippen LogP contribution in [-0.4, -0.2) is 24.2 Å². The van der Waals surface area contributed by atoms with Gasteiger partial charge in [0.1, 0.15) is 5.82 Å². The highest BCUT2D eigenvalue weighted by Crippen LogP contribution is 2.10. The van der Waals surface area contributed by atoms with E-state index in [-0.39, 0.29) is 0 Å². The quantitative estimate of drug-likeness (QED) is 0.760. The number of aryl methyl sites for hydroxylation is 1. The minimum atomic E-state index is 0.458. The second-order valence-electron chi connectivity index (χ2n) is 3.25. The van der Waals surface area contributed by atoms with Crippen molar-refractivity contribution in [1.29, 1.82) is 0 Å². The number of hydrogen-bond acceptors (Lipinski definition) is 3.